The van der Waals surface area contributed by atoms with Gasteiger partial charge < -0.3 is 5.11 Å². The van der Waals surface area contributed by atoms with Crippen LogP contribution in [0.5, 0.6) is 5.75 Å². The SMILES string of the molecule is Cc1cc([C@H]2C3=CCn4c(=O)n(-c5ccccc5)c(=O)n4[C@@H]3C[C@@]3(Cl)C(=O)N(C)C(=O)[C@@]23Cl)ccc1O. The molecular weight excluding hydrogens is 519 g/mol. The topological polar surface area (TPSA) is 107 Å². The molecule has 3 aromatic rings. The second-order valence-electron chi connectivity index (χ2n) is 9.75. The average molecular weight is 541 g/mol. The largest absolute Gasteiger partial charge is 0.508 e. The molecule has 2 aromatic carbocycles. The zero-order valence-electron chi connectivity index (χ0n) is 19.9. The molecule has 3 aliphatic rings. The average Bonchev–Trinajstić information content (AvgIpc) is 3.21. The first kappa shape index (κ1) is 23.8. The Bertz CT molecular complexity index is 1660. The van der Waals surface area contributed by atoms with Gasteiger partial charge in [0.15, 0.2) is 9.75 Å². The Labute approximate surface area is 220 Å². The molecule has 0 bridgehead atoms. The van der Waals surface area contributed by atoms with E-state index >= 15 is 0 Å². The minimum absolute atomic E-state index is 0.0606. The number of halogens is 2. The summed E-state index contributed by atoms with van der Waals surface area (Å²) in [4.78, 5) is 51.2. The van der Waals surface area contributed by atoms with E-state index in [4.69, 9.17) is 23.2 Å². The highest BCUT2D eigenvalue weighted by Crippen LogP contribution is 2.63. The van der Waals surface area contributed by atoms with Crippen LogP contribution in [0.3, 0.4) is 0 Å². The number of para-hydroxylation sites is 1. The zero-order valence-corrected chi connectivity index (χ0v) is 21.4. The molecule has 1 saturated heterocycles. The van der Waals surface area contributed by atoms with Crippen LogP contribution < -0.4 is 11.4 Å². The van der Waals surface area contributed by atoms with Crippen molar-refractivity contribution in [3.05, 3.63) is 92.3 Å². The number of aryl methyl sites for hydroxylation is 1. The number of carbonyl (C=O) groups excluding carboxylic acids is 2. The van der Waals surface area contributed by atoms with Crippen LogP contribution in [0, 0.1) is 6.92 Å². The first-order valence-electron chi connectivity index (χ1n) is 11.7. The van der Waals surface area contributed by atoms with Crippen LogP contribution in [0.2, 0.25) is 0 Å². The number of aromatic nitrogens is 3. The first-order valence-corrected chi connectivity index (χ1v) is 12.5. The number of amides is 2. The summed E-state index contributed by atoms with van der Waals surface area (Å²) in [6, 6.07) is 12.6. The lowest BCUT2D eigenvalue weighted by atomic mass is 9.64. The van der Waals surface area contributed by atoms with Crippen LogP contribution in [0.25, 0.3) is 5.69 Å². The smallest absolute Gasteiger partial charge is 0.352 e. The highest BCUT2D eigenvalue weighted by molar-refractivity contribution is 6.53. The Hall–Kier alpha value is -3.56. The van der Waals surface area contributed by atoms with E-state index in [9.17, 15) is 24.3 Å². The molecule has 1 N–H and O–H groups in total. The van der Waals surface area contributed by atoms with Crippen LogP contribution >= 0.6 is 23.2 Å². The fourth-order valence-corrected chi connectivity index (χ4v) is 7.04. The standard InChI is InChI=1S/C26H22Cl2N4O5/c1-14-12-15(8-9-19(14)33)20-17-10-11-30-23(36)31(16-6-4-3-5-7-16)24(37)32(30)18(17)13-25(27)21(34)29(2)22(35)26(20,25)28/h3-10,12,18,20,33H,11,13H2,1-2H3/t18-,20+,25-,26+/m1/s1. The van der Waals surface area contributed by atoms with Gasteiger partial charge >= 0.3 is 11.4 Å². The third kappa shape index (κ3) is 2.86. The number of phenolic OH excluding ortho intramolecular Hbond substituents is 1. The summed E-state index contributed by atoms with van der Waals surface area (Å²) in [5, 5.41) is 10.1. The van der Waals surface area contributed by atoms with Gasteiger partial charge in [0.25, 0.3) is 11.8 Å². The summed E-state index contributed by atoms with van der Waals surface area (Å²) in [7, 11) is 1.34. The predicted octanol–water partition coefficient (Wildman–Crippen LogP) is 2.44. The van der Waals surface area contributed by atoms with Gasteiger partial charge in [0.2, 0.25) is 0 Å². The monoisotopic (exact) mass is 540 g/mol. The third-order valence-electron chi connectivity index (χ3n) is 7.85. The van der Waals surface area contributed by atoms with Crippen molar-refractivity contribution in [3.63, 3.8) is 0 Å². The van der Waals surface area contributed by atoms with Gasteiger partial charge in [0, 0.05) is 19.4 Å². The maximum atomic E-state index is 13.7. The molecule has 2 amide bonds. The van der Waals surface area contributed by atoms with Gasteiger partial charge in [-0.3, -0.25) is 14.5 Å². The number of nitrogens with zero attached hydrogens (tertiary/aromatic N) is 4. The van der Waals surface area contributed by atoms with E-state index in [1.807, 2.05) is 0 Å². The molecule has 0 unspecified atom stereocenters. The molecule has 0 spiro atoms. The Morgan fingerprint density at radius 3 is 2.35 bits per heavy atom. The number of phenols is 1. The fraction of sp³-hybridized carbons (Fsp3) is 0.308. The van der Waals surface area contributed by atoms with E-state index in [1.54, 1.807) is 55.5 Å². The van der Waals surface area contributed by atoms with Crippen molar-refractivity contribution in [2.45, 2.75) is 41.6 Å². The van der Waals surface area contributed by atoms with E-state index in [-0.39, 0.29) is 18.7 Å². The van der Waals surface area contributed by atoms with Crippen LogP contribution in [0.4, 0.5) is 0 Å². The first-order chi connectivity index (χ1) is 17.5. The van der Waals surface area contributed by atoms with Crippen molar-refractivity contribution < 1.29 is 14.7 Å². The highest BCUT2D eigenvalue weighted by Gasteiger charge is 2.74. The molecule has 0 radical (unpaired) electrons. The van der Waals surface area contributed by atoms with Gasteiger partial charge in [0.05, 0.1) is 18.3 Å². The van der Waals surface area contributed by atoms with E-state index < -0.39 is 44.9 Å². The zero-order chi connectivity index (χ0) is 26.4. The lowest BCUT2D eigenvalue weighted by Gasteiger charge is -2.49. The number of imide groups is 1. The second kappa shape index (κ2) is 7.72. The quantitative estimate of drug-likeness (QED) is 0.305. The van der Waals surface area contributed by atoms with Gasteiger partial charge in [0.1, 0.15) is 5.75 Å². The minimum Gasteiger partial charge on any atom is -0.508 e. The normalized spacial score (nSPS) is 28.5. The Balaban J connectivity index is 1.62. The number of rotatable bonds is 2. The minimum atomic E-state index is -1.88. The van der Waals surface area contributed by atoms with Crippen LogP contribution in [0.1, 0.15) is 29.5 Å². The summed E-state index contributed by atoms with van der Waals surface area (Å²) in [5.41, 5.74) is 1.02. The lowest BCUT2D eigenvalue weighted by molar-refractivity contribution is -0.137. The van der Waals surface area contributed by atoms with Gasteiger partial charge in [-0.15, -0.1) is 23.2 Å². The highest BCUT2D eigenvalue weighted by atomic mass is 35.5. The Kier molecular flexibility index (Phi) is 4.97. The number of aromatic hydroxyl groups is 1. The number of likely N-dealkylation sites (tertiary alicyclic amines) is 1. The van der Waals surface area contributed by atoms with Crippen molar-refractivity contribution in [3.8, 4) is 11.4 Å². The summed E-state index contributed by atoms with van der Waals surface area (Å²) in [5.74, 6) is -2.14. The molecule has 1 saturated carbocycles. The van der Waals surface area contributed by atoms with Crippen molar-refractivity contribution in [1.29, 1.82) is 0 Å². The van der Waals surface area contributed by atoms with Crippen molar-refractivity contribution in [2.75, 3.05) is 7.05 Å². The molecule has 6 rings (SSSR count). The number of hydrogen-bond donors (Lipinski definition) is 1. The van der Waals surface area contributed by atoms with Gasteiger partial charge in [-0.25, -0.2) is 23.5 Å². The van der Waals surface area contributed by atoms with E-state index in [2.05, 4.69) is 0 Å². The number of benzene rings is 2. The van der Waals surface area contributed by atoms with Crippen molar-refractivity contribution >= 4 is 35.0 Å². The maximum Gasteiger partial charge on any atom is 0.352 e. The molecule has 4 atom stereocenters. The number of allylic oxidation sites excluding steroid dienone is 2. The molecular formula is C26H22Cl2N4O5. The molecule has 3 heterocycles. The molecule has 1 aromatic heterocycles. The van der Waals surface area contributed by atoms with Gasteiger partial charge in [-0.05, 0) is 41.8 Å². The number of carbonyl (C=O) groups is 2. The van der Waals surface area contributed by atoms with E-state index in [0.29, 0.717) is 22.4 Å². The lowest BCUT2D eigenvalue weighted by Crippen LogP contribution is -2.59. The van der Waals surface area contributed by atoms with Crippen LogP contribution in [0.15, 0.2) is 69.8 Å². The van der Waals surface area contributed by atoms with E-state index in [0.717, 1.165) is 9.47 Å². The summed E-state index contributed by atoms with van der Waals surface area (Å²) < 4.78 is 3.71. The molecule has 2 aliphatic heterocycles. The van der Waals surface area contributed by atoms with Crippen LogP contribution in [-0.4, -0.2) is 52.5 Å². The molecule has 11 heteroatoms. The molecule has 9 nitrogen and oxygen atoms in total. The summed E-state index contributed by atoms with van der Waals surface area (Å²) in [6.07, 6.45) is 1.62. The number of alkyl halides is 2. The Morgan fingerprint density at radius 1 is 0.973 bits per heavy atom. The third-order valence-corrected chi connectivity index (χ3v) is 9.26. The van der Waals surface area contributed by atoms with Crippen molar-refractivity contribution in [2.24, 2.45) is 0 Å². The number of hydrogen-bond acceptors (Lipinski definition) is 5. The predicted molar refractivity (Wildman–Crippen MR) is 137 cm³/mol. The molecule has 1 aliphatic carbocycles. The Morgan fingerprint density at radius 2 is 1.68 bits per heavy atom. The summed E-state index contributed by atoms with van der Waals surface area (Å²) >= 11 is 14.2. The van der Waals surface area contributed by atoms with E-state index in [1.165, 1.54) is 22.5 Å². The summed E-state index contributed by atoms with van der Waals surface area (Å²) in [6.45, 7) is 1.77. The molecule has 2 fully saturated rings. The van der Waals surface area contributed by atoms with Crippen LogP contribution in [-0.2, 0) is 16.1 Å². The number of fused-ring (bicyclic) bond motifs is 4. The fourth-order valence-electron chi connectivity index (χ4n) is 6.04. The second-order valence-corrected chi connectivity index (χ2v) is 11.0. The molecule has 190 valence electrons. The van der Waals surface area contributed by atoms with Gasteiger partial charge in [-0.2, -0.15) is 0 Å². The van der Waals surface area contributed by atoms with Gasteiger partial charge in [-0.1, -0.05) is 36.4 Å². The molecule has 37 heavy (non-hydrogen) atoms. The van der Waals surface area contributed by atoms with Crippen molar-refractivity contribution in [1.82, 2.24) is 18.8 Å². The maximum absolute atomic E-state index is 13.7.